The number of benzene rings is 1. The molecule has 1 atom stereocenters. The molecule has 132 valence electrons. The zero-order chi connectivity index (χ0) is 17.1. The van der Waals surface area contributed by atoms with Crippen molar-refractivity contribution in [3.8, 4) is 0 Å². The van der Waals surface area contributed by atoms with Crippen LogP contribution in [0.25, 0.3) is 0 Å². The van der Waals surface area contributed by atoms with E-state index in [0.29, 0.717) is 6.07 Å². The van der Waals surface area contributed by atoms with Gasteiger partial charge in [-0.25, -0.2) is 8.42 Å². The Hall–Kier alpha value is -1.42. The van der Waals surface area contributed by atoms with E-state index in [1.807, 2.05) is 0 Å². The molecule has 10 heteroatoms. The number of hydrogen-bond donors (Lipinski definition) is 2. The van der Waals surface area contributed by atoms with Crippen LogP contribution in [0.3, 0.4) is 0 Å². The van der Waals surface area contributed by atoms with E-state index in [1.165, 1.54) is 0 Å². The molecule has 5 nitrogen and oxygen atoms in total. The van der Waals surface area contributed by atoms with Crippen LogP contribution in [0.2, 0.25) is 0 Å². The third kappa shape index (κ3) is 7.12. The largest absolute Gasteiger partial charge is 0.416 e. The van der Waals surface area contributed by atoms with Gasteiger partial charge in [-0.1, -0.05) is 0 Å². The molecule has 0 saturated carbocycles. The number of sulfone groups is 1. The van der Waals surface area contributed by atoms with Crippen LogP contribution in [0.5, 0.6) is 0 Å². The van der Waals surface area contributed by atoms with Crippen molar-refractivity contribution in [1.29, 1.82) is 0 Å². The molecule has 0 bridgehead atoms. The van der Waals surface area contributed by atoms with Gasteiger partial charge in [0, 0.05) is 18.0 Å². The molecule has 1 aromatic carbocycles. The lowest BCUT2D eigenvalue weighted by molar-refractivity contribution is -0.137. The molecule has 0 saturated heterocycles. The van der Waals surface area contributed by atoms with Crippen LogP contribution in [-0.4, -0.2) is 32.4 Å². The molecule has 1 rings (SSSR count). The summed E-state index contributed by atoms with van der Waals surface area (Å²) in [4.78, 5) is 12.0. The van der Waals surface area contributed by atoms with Crippen molar-refractivity contribution in [2.24, 2.45) is 0 Å². The van der Waals surface area contributed by atoms with E-state index in [4.69, 9.17) is 5.73 Å². The Morgan fingerprint density at radius 1 is 1.35 bits per heavy atom. The molecule has 0 radical (unpaired) electrons. The molecule has 0 aromatic heterocycles. The van der Waals surface area contributed by atoms with Gasteiger partial charge < -0.3 is 11.1 Å². The molecule has 0 fully saturated rings. The Kier molecular flexibility index (Phi) is 7.42. The molecule has 23 heavy (non-hydrogen) atoms. The van der Waals surface area contributed by atoms with Crippen molar-refractivity contribution >= 4 is 34.9 Å². The number of nitrogen functional groups attached to an aromatic ring is 1. The van der Waals surface area contributed by atoms with Crippen molar-refractivity contribution in [2.75, 3.05) is 17.7 Å². The predicted octanol–water partition coefficient (Wildman–Crippen LogP) is 1.95. The highest BCUT2D eigenvalue weighted by molar-refractivity contribution is 7.90. The summed E-state index contributed by atoms with van der Waals surface area (Å²) in [6, 6.07) is 1.96. The van der Waals surface area contributed by atoms with Crippen LogP contribution < -0.4 is 11.1 Å². The van der Waals surface area contributed by atoms with E-state index < -0.39 is 33.5 Å². The fourth-order valence-electron chi connectivity index (χ4n) is 1.69. The first-order valence-electron chi connectivity index (χ1n) is 6.35. The molecular weight excluding hydrogens is 353 g/mol. The van der Waals surface area contributed by atoms with Crippen LogP contribution in [-0.2, 0) is 16.0 Å². The van der Waals surface area contributed by atoms with Gasteiger partial charge in [-0.2, -0.15) is 26.7 Å². The number of hydrogen-bond acceptors (Lipinski definition) is 4. The normalized spacial score (nSPS) is 13.1. The number of carbonyl (C=O) groups is 1. The number of anilines is 1. The standard InChI is InChI=1S/C13H17F3N2O3S.H2S/c1-8(5-6-22(2,20)21)18-12(19)10-7-9(13(14,15)16)3-4-11(10)17;/h3-4,7-8H,5-6,17H2,1-2H3,(H,18,19);1H2/t8-;/m0./s1. The molecule has 0 spiro atoms. The van der Waals surface area contributed by atoms with Crippen molar-refractivity contribution in [1.82, 2.24) is 5.32 Å². The minimum atomic E-state index is -4.58. The van der Waals surface area contributed by atoms with Crippen LogP contribution in [0.4, 0.5) is 18.9 Å². The number of halogens is 3. The second-order valence-electron chi connectivity index (χ2n) is 5.09. The number of nitrogens with two attached hydrogens (primary N) is 1. The Labute approximate surface area is 139 Å². The summed E-state index contributed by atoms with van der Waals surface area (Å²) in [6.45, 7) is 1.56. The first-order valence-corrected chi connectivity index (χ1v) is 8.41. The van der Waals surface area contributed by atoms with Crippen LogP contribution >= 0.6 is 13.5 Å². The van der Waals surface area contributed by atoms with Gasteiger partial charge in [-0.15, -0.1) is 0 Å². The van der Waals surface area contributed by atoms with Gasteiger partial charge >= 0.3 is 6.18 Å². The Morgan fingerprint density at radius 2 is 1.91 bits per heavy atom. The summed E-state index contributed by atoms with van der Waals surface area (Å²) in [7, 11) is -3.18. The molecule has 0 aliphatic heterocycles. The van der Waals surface area contributed by atoms with E-state index >= 15 is 0 Å². The second kappa shape index (κ2) is 7.91. The number of amides is 1. The fraction of sp³-hybridized carbons (Fsp3) is 0.462. The summed E-state index contributed by atoms with van der Waals surface area (Å²) < 4.78 is 60.0. The Balaban J connectivity index is 0.00000484. The van der Waals surface area contributed by atoms with Crippen molar-refractivity contribution < 1.29 is 26.4 Å². The highest BCUT2D eigenvalue weighted by atomic mass is 32.2. The quantitative estimate of drug-likeness (QED) is 0.773. The van der Waals surface area contributed by atoms with Crippen LogP contribution in [0.1, 0.15) is 29.3 Å². The maximum absolute atomic E-state index is 12.6. The van der Waals surface area contributed by atoms with Gasteiger partial charge in [-0.3, -0.25) is 4.79 Å². The lowest BCUT2D eigenvalue weighted by atomic mass is 10.1. The molecule has 1 aromatic rings. The average molecular weight is 372 g/mol. The maximum Gasteiger partial charge on any atom is 0.416 e. The summed E-state index contributed by atoms with van der Waals surface area (Å²) >= 11 is 0. The maximum atomic E-state index is 12.6. The van der Waals surface area contributed by atoms with Gasteiger partial charge in [0.2, 0.25) is 0 Å². The SMILES string of the molecule is C[C@@H](CCS(C)(=O)=O)NC(=O)c1cc(C(F)(F)F)ccc1N.S. The number of rotatable bonds is 5. The van der Waals surface area contributed by atoms with E-state index in [2.05, 4.69) is 5.32 Å². The topological polar surface area (TPSA) is 89.3 Å². The van der Waals surface area contributed by atoms with Gasteiger partial charge in [0.1, 0.15) is 9.84 Å². The Morgan fingerprint density at radius 3 is 2.39 bits per heavy atom. The number of carbonyl (C=O) groups excluding carboxylic acids is 1. The molecule has 3 N–H and O–H groups in total. The first-order chi connectivity index (χ1) is 9.90. The van der Waals surface area contributed by atoms with Gasteiger partial charge in [0.05, 0.1) is 16.9 Å². The molecule has 0 heterocycles. The summed E-state index contributed by atoms with van der Waals surface area (Å²) in [5, 5.41) is 2.44. The number of nitrogens with one attached hydrogen (secondary N) is 1. The van der Waals surface area contributed by atoms with Gasteiger partial charge in [-0.05, 0) is 31.5 Å². The van der Waals surface area contributed by atoms with E-state index in [-0.39, 0.29) is 36.9 Å². The van der Waals surface area contributed by atoms with Gasteiger partial charge in [0.25, 0.3) is 5.91 Å². The van der Waals surface area contributed by atoms with Crippen molar-refractivity contribution in [3.63, 3.8) is 0 Å². The summed E-state index contributed by atoms with van der Waals surface area (Å²) in [5.41, 5.74) is 4.18. The minimum Gasteiger partial charge on any atom is -0.398 e. The minimum absolute atomic E-state index is 0. The third-order valence-electron chi connectivity index (χ3n) is 2.92. The zero-order valence-electron chi connectivity index (χ0n) is 12.6. The van der Waals surface area contributed by atoms with E-state index in [9.17, 15) is 26.4 Å². The zero-order valence-corrected chi connectivity index (χ0v) is 14.4. The summed E-state index contributed by atoms with van der Waals surface area (Å²) in [5.74, 6) is -0.906. The lowest BCUT2D eigenvalue weighted by Gasteiger charge is -2.15. The Bertz CT molecular complexity index is 661. The summed E-state index contributed by atoms with van der Waals surface area (Å²) in [6.07, 6.45) is -3.36. The smallest absolute Gasteiger partial charge is 0.398 e. The number of alkyl halides is 3. The average Bonchev–Trinajstić information content (AvgIpc) is 2.34. The third-order valence-corrected chi connectivity index (χ3v) is 3.90. The lowest BCUT2D eigenvalue weighted by Crippen LogP contribution is -2.34. The molecule has 0 aliphatic rings. The molecule has 1 amide bonds. The van der Waals surface area contributed by atoms with Crippen molar-refractivity contribution in [3.05, 3.63) is 29.3 Å². The first kappa shape index (κ1) is 21.6. The second-order valence-corrected chi connectivity index (χ2v) is 7.35. The predicted molar refractivity (Wildman–Crippen MR) is 87.5 cm³/mol. The highest BCUT2D eigenvalue weighted by Gasteiger charge is 2.31. The fourth-order valence-corrected chi connectivity index (χ4v) is 2.48. The molecule has 0 unspecified atom stereocenters. The van der Waals surface area contributed by atoms with Crippen LogP contribution in [0, 0.1) is 0 Å². The van der Waals surface area contributed by atoms with Crippen LogP contribution in [0.15, 0.2) is 18.2 Å². The monoisotopic (exact) mass is 372 g/mol. The van der Waals surface area contributed by atoms with E-state index in [0.717, 1.165) is 18.4 Å². The molecular formula is C13H19F3N2O3S2. The highest BCUT2D eigenvalue weighted by Crippen LogP contribution is 2.31. The van der Waals surface area contributed by atoms with Gasteiger partial charge in [0.15, 0.2) is 0 Å². The van der Waals surface area contributed by atoms with E-state index in [1.54, 1.807) is 6.92 Å². The molecule has 0 aliphatic carbocycles. The van der Waals surface area contributed by atoms with Crippen molar-refractivity contribution in [2.45, 2.75) is 25.6 Å².